The van der Waals surface area contributed by atoms with Crippen molar-refractivity contribution in [3.63, 3.8) is 0 Å². The van der Waals surface area contributed by atoms with Crippen LogP contribution < -0.4 is 15.1 Å². The first-order chi connectivity index (χ1) is 22.1. The third-order valence-corrected chi connectivity index (χ3v) is 8.87. The summed E-state index contributed by atoms with van der Waals surface area (Å²) in [6.45, 7) is 9.30. The monoisotopic (exact) mass is 646 g/mol. The molecule has 0 bridgehead atoms. The lowest BCUT2D eigenvalue weighted by Crippen LogP contribution is -2.32. The van der Waals surface area contributed by atoms with E-state index in [0.717, 1.165) is 60.1 Å². The number of benzene rings is 1. The Hall–Kier alpha value is -4.47. The maximum absolute atomic E-state index is 14.5. The van der Waals surface area contributed by atoms with Crippen LogP contribution in [0.15, 0.2) is 58.6 Å². The van der Waals surface area contributed by atoms with Gasteiger partial charge >= 0.3 is 5.82 Å². The van der Waals surface area contributed by atoms with Gasteiger partial charge in [0.25, 0.3) is 0 Å². The molecule has 10 nitrogen and oxygen atoms in total. The van der Waals surface area contributed by atoms with Gasteiger partial charge in [-0.15, -0.1) is 12.8 Å². The van der Waals surface area contributed by atoms with Gasteiger partial charge in [0.2, 0.25) is 5.88 Å². The van der Waals surface area contributed by atoms with Gasteiger partial charge in [-0.05, 0) is 77.5 Å². The molecule has 1 aromatic carbocycles. The quantitative estimate of drug-likeness (QED) is 0.0665. The first kappa shape index (κ1) is 34.4. The molecule has 242 valence electrons. The molecule has 1 aliphatic rings. The zero-order chi connectivity index (χ0) is 33.4. The molecule has 0 saturated heterocycles. The lowest BCUT2D eigenvalue weighted by molar-refractivity contribution is -0.389. The fourth-order valence-corrected chi connectivity index (χ4v) is 6.48. The second kappa shape index (κ2) is 15.7. The molecule has 4 aromatic rings. The van der Waals surface area contributed by atoms with Crippen molar-refractivity contribution in [2.45, 2.75) is 57.6 Å². The predicted molar refractivity (Wildman–Crippen MR) is 181 cm³/mol. The number of thioether (sulfide) groups is 1. The topological polar surface area (TPSA) is 107 Å². The molecule has 0 amide bonds. The summed E-state index contributed by atoms with van der Waals surface area (Å²) >= 11 is 1.65. The minimum Gasteiger partial charge on any atom is -0.481 e. The Kier molecular flexibility index (Phi) is 11.7. The second-order valence-electron chi connectivity index (χ2n) is 11.5. The normalized spacial score (nSPS) is 11.9. The number of aryl methyl sites for hydroxylation is 1. The molecule has 0 radical (unpaired) electrons. The van der Waals surface area contributed by atoms with Crippen LogP contribution in [0.25, 0.3) is 10.9 Å². The number of aromatic nitrogens is 3. The van der Waals surface area contributed by atoms with Crippen molar-refractivity contribution in [2.75, 3.05) is 31.6 Å². The Bertz CT molecular complexity index is 1760. The lowest BCUT2D eigenvalue weighted by Gasteiger charge is -2.30. The Morgan fingerprint density at radius 3 is 2.52 bits per heavy atom. The number of fused-ring (bicyclic) bond motifs is 3. The summed E-state index contributed by atoms with van der Waals surface area (Å²) in [6, 6.07) is 10.2. The molecular formula is C34H39FN6O4S. The van der Waals surface area contributed by atoms with Crippen molar-refractivity contribution in [3.8, 4) is 18.7 Å². The van der Waals surface area contributed by atoms with Crippen molar-refractivity contribution >= 4 is 34.2 Å². The summed E-state index contributed by atoms with van der Waals surface area (Å²) in [6.07, 6.45) is 13.0. The molecule has 1 aliphatic heterocycles. The molecule has 0 spiro atoms. The van der Waals surface area contributed by atoms with Crippen molar-refractivity contribution in [1.29, 1.82) is 0 Å². The first-order valence-corrected chi connectivity index (χ1v) is 16.0. The highest BCUT2D eigenvalue weighted by atomic mass is 32.2. The van der Waals surface area contributed by atoms with E-state index in [1.165, 1.54) is 12.1 Å². The Labute approximate surface area is 272 Å². The van der Waals surface area contributed by atoms with Crippen LogP contribution >= 0.6 is 11.8 Å². The number of rotatable bonds is 14. The van der Waals surface area contributed by atoms with E-state index in [1.54, 1.807) is 50.3 Å². The van der Waals surface area contributed by atoms with Crippen LogP contribution in [0.5, 0.6) is 5.88 Å². The van der Waals surface area contributed by atoms with Crippen molar-refractivity contribution in [2.24, 2.45) is 5.92 Å². The number of hydrogen-bond acceptors (Lipinski definition) is 9. The highest BCUT2D eigenvalue weighted by Gasteiger charge is 2.26. The van der Waals surface area contributed by atoms with E-state index in [4.69, 9.17) is 4.74 Å². The fraction of sp³-hybridized carbons (Fsp3) is 0.382. The number of halogens is 1. The third kappa shape index (κ3) is 8.02. The van der Waals surface area contributed by atoms with Gasteiger partial charge in [-0.25, -0.2) is 9.37 Å². The Morgan fingerprint density at radius 1 is 1.13 bits per heavy atom. The van der Waals surface area contributed by atoms with Crippen molar-refractivity contribution < 1.29 is 14.1 Å². The van der Waals surface area contributed by atoms with Crippen LogP contribution in [0.2, 0.25) is 0 Å². The SMILES string of the molecule is C#C.COc1cc(CN(CCCCN(CC(C)C)c2ccc([N+](=O)[O-])nc2)Cc2c3n(c4cc(C)c(F)cc4c2=O)CS3)ccn1. The van der Waals surface area contributed by atoms with Crippen molar-refractivity contribution in [3.05, 3.63) is 91.6 Å². The standard InChI is InChI=1S/C32H37FN6O4S.C2H2/c1-21(2)17-37(24-7-8-29(35-16-24)39(41)42)12-6-5-11-36(18-23-9-10-34-30(14-23)43-4)19-26-31(40)25-15-27(33)22(3)13-28(25)38-20-44-32(26)38;1-2/h7-10,13-16,21H,5-6,11-12,17-20H2,1-4H3;1-2H. The summed E-state index contributed by atoms with van der Waals surface area (Å²) in [7, 11) is 1.58. The maximum Gasteiger partial charge on any atom is 0.363 e. The molecule has 12 heteroatoms. The van der Waals surface area contributed by atoms with Crippen LogP contribution in [0.4, 0.5) is 15.9 Å². The molecule has 0 N–H and O–H groups in total. The second-order valence-corrected chi connectivity index (χ2v) is 12.5. The van der Waals surface area contributed by atoms with Gasteiger partial charge in [-0.3, -0.25) is 9.69 Å². The van der Waals surface area contributed by atoms with E-state index in [1.807, 2.05) is 12.1 Å². The highest BCUT2D eigenvalue weighted by Crippen LogP contribution is 2.37. The molecule has 0 atom stereocenters. The molecule has 5 rings (SSSR count). The van der Waals surface area contributed by atoms with Gasteiger partial charge in [0.05, 0.1) is 29.2 Å². The van der Waals surface area contributed by atoms with Crippen LogP contribution in [-0.2, 0) is 19.0 Å². The zero-order valence-electron chi connectivity index (χ0n) is 26.6. The lowest BCUT2D eigenvalue weighted by atomic mass is 10.1. The molecule has 46 heavy (non-hydrogen) atoms. The minimum absolute atomic E-state index is 0.122. The maximum atomic E-state index is 14.5. The van der Waals surface area contributed by atoms with Gasteiger partial charge < -0.3 is 24.3 Å². The van der Waals surface area contributed by atoms with Crippen LogP contribution in [-0.4, -0.2) is 51.1 Å². The summed E-state index contributed by atoms with van der Waals surface area (Å²) in [4.78, 5) is 37.0. The van der Waals surface area contributed by atoms with Crippen LogP contribution in [0.1, 0.15) is 43.4 Å². The number of terminal acetylenes is 1. The predicted octanol–water partition coefficient (Wildman–Crippen LogP) is 6.41. The Morgan fingerprint density at radius 2 is 1.89 bits per heavy atom. The van der Waals surface area contributed by atoms with Crippen LogP contribution in [0.3, 0.4) is 0 Å². The molecule has 0 saturated carbocycles. The minimum atomic E-state index is -0.492. The van der Waals surface area contributed by atoms with E-state index in [0.29, 0.717) is 41.4 Å². The third-order valence-electron chi connectivity index (χ3n) is 7.74. The van der Waals surface area contributed by atoms with E-state index in [2.05, 4.69) is 51.0 Å². The number of hydrogen-bond donors (Lipinski definition) is 0. The average Bonchev–Trinajstić information content (AvgIpc) is 3.03. The molecule has 3 aromatic heterocycles. The smallest absolute Gasteiger partial charge is 0.363 e. The fourth-order valence-electron chi connectivity index (χ4n) is 5.53. The van der Waals surface area contributed by atoms with Gasteiger partial charge in [-0.1, -0.05) is 25.6 Å². The summed E-state index contributed by atoms with van der Waals surface area (Å²) in [5.74, 6) is 1.11. The average molecular weight is 647 g/mol. The van der Waals surface area contributed by atoms with Gasteiger partial charge in [0.1, 0.15) is 5.82 Å². The van der Waals surface area contributed by atoms with E-state index in [9.17, 15) is 19.3 Å². The number of unbranched alkanes of at least 4 members (excludes halogenated alkanes) is 1. The molecule has 0 unspecified atom stereocenters. The Balaban J connectivity index is 0.00000235. The number of methoxy groups -OCH3 is 1. The van der Waals surface area contributed by atoms with Crippen LogP contribution in [0, 0.1) is 41.6 Å². The number of pyridine rings is 3. The van der Waals surface area contributed by atoms with Crippen molar-refractivity contribution in [1.82, 2.24) is 19.4 Å². The summed E-state index contributed by atoms with van der Waals surface area (Å²) < 4.78 is 22.0. The number of nitrogens with zero attached hydrogens (tertiary/aromatic N) is 6. The molecule has 4 heterocycles. The molecule has 0 aliphatic carbocycles. The zero-order valence-corrected chi connectivity index (χ0v) is 27.4. The van der Waals surface area contributed by atoms with Gasteiger partial charge in [0, 0.05) is 55.5 Å². The van der Waals surface area contributed by atoms with E-state index in [-0.39, 0.29) is 17.1 Å². The molecular weight excluding hydrogens is 607 g/mol. The first-order valence-electron chi connectivity index (χ1n) is 15.0. The highest BCUT2D eigenvalue weighted by molar-refractivity contribution is 7.99. The number of ether oxygens (including phenoxy) is 1. The van der Waals surface area contributed by atoms with E-state index >= 15 is 0 Å². The largest absolute Gasteiger partial charge is 0.481 e. The molecule has 0 fully saturated rings. The van der Waals surface area contributed by atoms with Gasteiger partial charge in [0.15, 0.2) is 11.6 Å². The van der Waals surface area contributed by atoms with E-state index < -0.39 is 4.92 Å². The number of anilines is 1. The summed E-state index contributed by atoms with van der Waals surface area (Å²) in [5, 5.41) is 12.4. The van der Waals surface area contributed by atoms with Gasteiger partial charge in [-0.2, -0.15) is 0 Å². The summed E-state index contributed by atoms with van der Waals surface area (Å²) in [5.41, 5.74) is 3.75. The number of nitro groups is 1.